The summed E-state index contributed by atoms with van der Waals surface area (Å²) in [6, 6.07) is 0. The van der Waals surface area contributed by atoms with Gasteiger partial charge >= 0.3 is 0 Å². The van der Waals surface area contributed by atoms with Crippen molar-refractivity contribution >= 4 is 12.4 Å². The second kappa shape index (κ2) is 1.31. The highest BCUT2D eigenvalue weighted by molar-refractivity contribution is 6.14. The lowest BCUT2D eigenvalue weighted by Crippen LogP contribution is -2.26. The molecule has 1 rings (SSSR count). The van der Waals surface area contributed by atoms with Crippen LogP contribution in [-0.4, -0.2) is 22.8 Å². The van der Waals surface area contributed by atoms with Gasteiger partial charge in [0, 0.05) is 13.8 Å². The van der Waals surface area contributed by atoms with Gasteiger partial charge in [-0.1, -0.05) is 0 Å². The molecule has 1 aliphatic rings. The molecule has 0 bridgehead atoms. The lowest BCUT2D eigenvalue weighted by Gasteiger charge is -2.13. The summed E-state index contributed by atoms with van der Waals surface area (Å²) in [6.45, 7) is 3.53. The molecule has 0 fully saturated rings. The van der Waals surface area contributed by atoms with Crippen molar-refractivity contribution in [3.8, 4) is 0 Å². The lowest BCUT2D eigenvalue weighted by atomic mass is 10.3. The Bertz CT molecular complexity index is 158. The molecule has 0 aromatic heterocycles. The van der Waals surface area contributed by atoms with Crippen LogP contribution in [0.2, 0.25) is 0 Å². The molecule has 1 aliphatic heterocycles. The number of nitrogens with zero attached hydrogens (tertiary/aromatic N) is 2. The van der Waals surface area contributed by atoms with Crippen LogP contribution < -0.4 is 0 Å². The third kappa shape index (κ3) is 0.598. The Labute approximate surface area is 47.9 Å². The maximum atomic E-state index is 10.6. The number of hydrogen-bond donors (Lipinski definition) is 0. The largest absolute Gasteiger partial charge is 0.622 e. The average molecular weight is 112 g/mol. The highest BCUT2D eigenvalue weighted by atomic mass is 16.5. The van der Waals surface area contributed by atoms with Crippen LogP contribution in [0.4, 0.5) is 0 Å². The molecule has 1 heterocycles. The van der Waals surface area contributed by atoms with E-state index < -0.39 is 5.66 Å². The van der Waals surface area contributed by atoms with Gasteiger partial charge in [0.1, 0.15) is 0 Å². The summed E-state index contributed by atoms with van der Waals surface area (Å²) >= 11 is 0. The van der Waals surface area contributed by atoms with Crippen molar-refractivity contribution in [1.29, 1.82) is 0 Å². The van der Waals surface area contributed by atoms with Crippen molar-refractivity contribution < 1.29 is 4.74 Å². The molecule has 0 amide bonds. The molecule has 0 atom stereocenters. The molecule has 0 saturated carbocycles. The number of aliphatic imine (C=N–C) groups is 1. The summed E-state index contributed by atoms with van der Waals surface area (Å²) < 4.78 is 0.826. The maximum absolute atomic E-state index is 10.6. The topological polar surface area (TPSA) is 38.4 Å². The molecule has 0 saturated heterocycles. The highest BCUT2D eigenvalue weighted by Gasteiger charge is 2.26. The Morgan fingerprint density at radius 2 is 2.25 bits per heavy atom. The molecule has 0 N–H and O–H groups in total. The third-order valence-electron chi connectivity index (χ3n) is 1.13. The van der Waals surface area contributed by atoms with E-state index in [1.165, 1.54) is 12.4 Å². The molecule has 44 valence electrons. The molecular formula is C5H8N2O. The number of hydrogen-bond acceptors (Lipinski definition) is 2. The van der Waals surface area contributed by atoms with Crippen LogP contribution in [0.15, 0.2) is 4.99 Å². The Hall–Kier alpha value is -0.860. The minimum absolute atomic E-state index is 0.556. The first kappa shape index (κ1) is 5.28. The first-order chi connectivity index (χ1) is 3.63. The van der Waals surface area contributed by atoms with E-state index in [-0.39, 0.29) is 0 Å². The van der Waals surface area contributed by atoms with E-state index in [1.54, 1.807) is 13.8 Å². The van der Waals surface area contributed by atoms with Gasteiger partial charge in [-0.05, 0) is 0 Å². The Kier molecular flexibility index (Phi) is 0.863. The van der Waals surface area contributed by atoms with Crippen molar-refractivity contribution in [3.05, 3.63) is 5.21 Å². The SMILES string of the molecule is CC1(C)N=CC=[N+]1[O-]. The molecule has 8 heavy (non-hydrogen) atoms. The lowest BCUT2D eigenvalue weighted by molar-refractivity contribution is -0.528. The fraction of sp³-hybridized carbons (Fsp3) is 0.600. The van der Waals surface area contributed by atoms with Gasteiger partial charge in [-0.3, -0.25) is 0 Å². The van der Waals surface area contributed by atoms with E-state index in [2.05, 4.69) is 4.99 Å². The van der Waals surface area contributed by atoms with E-state index in [0.717, 1.165) is 4.74 Å². The fourth-order valence-electron chi connectivity index (χ4n) is 0.516. The van der Waals surface area contributed by atoms with E-state index in [9.17, 15) is 5.21 Å². The second-order valence-corrected chi connectivity index (χ2v) is 2.25. The first-order valence-electron chi connectivity index (χ1n) is 2.48. The van der Waals surface area contributed by atoms with Crippen LogP contribution in [0.1, 0.15) is 13.8 Å². The maximum Gasteiger partial charge on any atom is 0.259 e. The third-order valence-corrected chi connectivity index (χ3v) is 1.13. The summed E-state index contributed by atoms with van der Waals surface area (Å²) in [4.78, 5) is 3.88. The Balaban J connectivity index is 2.87. The summed E-state index contributed by atoms with van der Waals surface area (Å²) in [5.74, 6) is 0. The van der Waals surface area contributed by atoms with Crippen LogP contribution in [-0.2, 0) is 0 Å². The normalized spacial score (nSPS) is 23.5. The quantitative estimate of drug-likeness (QED) is 0.330. The number of rotatable bonds is 0. The van der Waals surface area contributed by atoms with Crippen LogP contribution in [0.3, 0.4) is 0 Å². The van der Waals surface area contributed by atoms with Gasteiger partial charge < -0.3 is 5.21 Å². The highest BCUT2D eigenvalue weighted by Crippen LogP contribution is 2.10. The molecular weight excluding hydrogens is 104 g/mol. The smallest absolute Gasteiger partial charge is 0.259 e. The minimum atomic E-state index is -0.556. The predicted octanol–water partition coefficient (Wildman–Crippen LogP) is 0.388. The molecule has 0 spiro atoms. The van der Waals surface area contributed by atoms with Crippen LogP contribution in [0, 0.1) is 5.21 Å². The van der Waals surface area contributed by atoms with Crippen molar-refractivity contribution in [2.75, 3.05) is 0 Å². The van der Waals surface area contributed by atoms with E-state index in [1.807, 2.05) is 0 Å². The molecule has 0 radical (unpaired) electrons. The molecule has 3 heteroatoms. The van der Waals surface area contributed by atoms with Gasteiger partial charge in [-0.15, -0.1) is 0 Å². The zero-order chi connectivity index (χ0) is 6.20. The fourth-order valence-corrected chi connectivity index (χ4v) is 0.516. The van der Waals surface area contributed by atoms with Gasteiger partial charge in [0.2, 0.25) is 0 Å². The van der Waals surface area contributed by atoms with Crippen molar-refractivity contribution in [1.82, 2.24) is 0 Å². The zero-order valence-corrected chi connectivity index (χ0v) is 4.96. The summed E-state index contributed by atoms with van der Waals surface area (Å²) in [7, 11) is 0. The second-order valence-electron chi connectivity index (χ2n) is 2.25. The van der Waals surface area contributed by atoms with Crippen molar-refractivity contribution in [2.45, 2.75) is 19.5 Å². The first-order valence-corrected chi connectivity index (χ1v) is 2.48. The van der Waals surface area contributed by atoms with Crippen LogP contribution >= 0.6 is 0 Å². The van der Waals surface area contributed by atoms with Crippen LogP contribution in [0.25, 0.3) is 0 Å². The molecule has 0 aliphatic carbocycles. The molecule has 3 nitrogen and oxygen atoms in total. The van der Waals surface area contributed by atoms with Crippen molar-refractivity contribution in [3.63, 3.8) is 0 Å². The average Bonchev–Trinajstić information content (AvgIpc) is 1.86. The van der Waals surface area contributed by atoms with Gasteiger partial charge in [-0.2, -0.15) is 4.74 Å². The van der Waals surface area contributed by atoms with Gasteiger partial charge in [0.25, 0.3) is 5.66 Å². The molecule has 0 unspecified atom stereocenters. The van der Waals surface area contributed by atoms with Gasteiger partial charge in [0.05, 0.1) is 6.21 Å². The molecule has 0 aromatic rings. The summed E-state index contributed by atoms with van der Waals surface area (Å²) in [5.41, 5.74) is -0.556. The minimum Gasteiger partial charge on any atom is -0.622 e. The predicted molar refractivity (Wildman–Crippen MR) is 32.3 cm³/mol. The van der Waals surface area contributed by atoms with E-state index >= 15 is 0 Å². The summed E-state index contributed by atoms with van der Waals surface area (Å²) in [5, 5.41) is 10.6. The van der Waals surface area contributed by atoms with E-state index in [0.29, 0.717) is 0 Å². The zero-order valence-electron chi connectivity index (χ0n) is 4.96. The molecule has 0 aromatic carbocycles. The van der Waals surface area contributed by atoms with Crippen molar-refractivity contribution in [2.24, 2.45) is 4.99 Å². The van der Waals surface area contributed by atoms with Crippen LogP contribution in [0.5, 0.6) is 0 Å². The van der Waals surface area contributed by atoms with Gasteiger partial charge in [0.15, 0.2) is 6.21 Å². The Morgan fingerprint density at radius 3 is 2.38 bits per heavy atom. The Morgan fingerprint density at radius 1 is 1.62 bits per heavy atom. The van der Waals surface area contributed by atoms with Gasteiger partial charge in [-0.25, -0.2) is 4.99 Å². The van der Waals surface area contributed by atoms with E-state index in [4.69, 9.17) is 0 Å². The standard InChI is InChI=1S/C5H8N2O/c1-5(2)6-3-4-7(5)8/h3-4H,1-2H3. The number of hydroxylamine groups is 1. The summed E-state index contributed by atoms with van der Waals surface area (Å²) in [6.07, 6.45) is 2.94. The monoisotopic (exact) mass is 112 g/mol.